The van der Waals surface area contributed by atoms with Gasteiger partial charge in [0.15, 0.2) is 0 Å². The lowest BCUT2D eigenvalue weighted by Crippen LogP contribution is -2.32. The summed E-state index contributed by atoms with van der Waals surface area (Å²) in [4.78, 5) is 11.5. The largest absolute Gasteiger partial charge is 0.353 e. The third-order valence-corrected chi connectivity index (χ3v) is 4.46. The molecule has 0 aliphatic rings. The quantitative estimate of drug-likeness (QED) is 0.737. The second kappa shape index (κ2) is 8.19. The summed E-state index contributed by atoms with van der Waals surface area (Å²) in [5.74, 6) is -0.129. The number of nitrogens with zero attached hydrogens (tertiary/aromatic N) is 1. The normalized spacial score (nSPS) is 11.0. The van der Waals surface area contributed by atoms with E-state index < -0.39 is 10.0 Å². The molecular weight excluding hydrogens is 324 g/mol. The van der Waals surface area contributed by atoms with Gasteiger partial charge in [0.2, 0.25) is 15.9 Å². The number of aryl methyl sites for hydroxylation is 1. The predicted molar refractivity (Wildman–Crippen MR) is 90.8 cm³/mol. The fraction of sp³-hybridized carbons (Fsp3) is 0.400. The third-order valence-electron chi connectivity index (χ3n) is 3.05. The van der Waals surface area contributed by atoms with Crippen molar-refractivity contribution in [1.29, 1.82) is 0 Å². The Morgan fingerprint density at radius 1 is 1.45 bits per heavy atom. The highest BCUT2D eigenvalue weighted by Gasteiger charge is 2.19. The molecule has 122 valence electrons. The molecule has 0 unspecified atom stereocenters. The molecule has 0 atom stereocenters. The van der Waals surface area contributed by atoms with Gasteiger partial charge in [-0.15, -0.1) is 6.58 Å². The van der Waals surface area contributed by atoms with Gasteiger partial charge in [0.1, 0.15) is 0 Å². The van der Waals surface area contributed by atoms with Crippen molar-refractivity contribution in [2.75, 3.05) is 23.7 Å². The van der Waals surface area contributed by atoms with Crippen LogP contribution in [-0.4, -0.2) is 33.7 Å². The van der Waals surface area contributed by atoms with E-state index >= 15 is 0 Å². The van der Waals surface area contributed by atoms with Crippen LogP contribution in [-0.2, 0) is 14.8 Å². The van der Waals surface area contributed by atoms with Crippen LogP contribution >= 0.6 is 11.6 Å². The van der Waals surface area contributed by atoms with Crippen molar-refractivity contribution in [2.45, 2.75) is 19.8 Å². The number of carbonyl (C=O) groups excluding carboxylic acids is 1. The lowest BCUT2D eigenvalue weighted by Gasteiger charge is -2.24. The molecule has 22 heavy (non-hydrogen) atoms. The summed E-state index contributed by atoms with van der Waals surface area (Å²) in [6.07, 6.45) is 3.41. The maximum atomic E-state index is 12.0. The molecule has 1 amide bonds. The first-order valence-corrected chi connectivity index (χ1v) is 9.10. The molecule has 0 saturated heterocycles. The summed E-state index contributed by atoms with van der Waals surface area (Å²) in [7, 11) is -3.45. The maximum absolute atomic E-state index is 12.0. The second-order valence-corrected chi connectivity index (χ2v) is 7.31. The highest BCUT2D eigenvalue weighted by Crippen LogP contribution is 2.26. The van der Waals surface area contributed by atoms with Gasteiger partial charge >= 0.3 is 0 Å². The summed E-state index contributed by atoms with van der Waals surface area (Å²) in [6, 6.07) is 5.10. The van der Waals surface area contributed by atoms with E-state index in [1.165, 1.54) is 4.31 Å². The summed E-state index contributed by atoms with van der Waals surface area (Å²) in [6.45, 7) is 5.96. The van der Waals surface area contributed by atoms with Gasteiger partial charge in [0, 0.05) is 24.5 Å². The molecule has 1 aromatic carbocycles. The highest BCUT2D eigenvalue weighted by molar-refractivity contribution is 7.92. The summed E-state index contributed by atoms with van der Waals surface area (Å²) in [5.41, 5.74) is 1.35. The molecule has 0 aliphatic heterocycles. The van der Waals surface area contributed by atoms with Crippen molar-refractivity contribution in [1.82, 2.24) is 5.32 Å². The fourth-order valence-electron chi connectivity index (χ4n) is 1.97. The van der Waals surface area contributed by atoms with E-state index in [2.05, 4.69) is 11.9 Å². The van der Waals surface area contributed by atoms with Gasteiger partial charge in [-0.2, -0.15) is 0 Å². The van der Waals surface area contributed by atoms with Crippen LogP contribution in [0.2, 0.25) is 5.02 Å². The molecule has 0 spiro atoms. The topological polar surface area (TPSA) is 66.5 Å². The van der Waals surface area contributed by atoms with E-state index in [-0.39, 0.29) is 18.9 Å². The summed E-state index contributed by atoms with van der Waals surface area (Å²) in [5, 5.41) is 3.13. The predicted octanol–water partition coefficient (Wildman–Crippen LogP) is 2.50. The Bertz CT molecular complexity index is 644. The Kier molecular flexibility index (Phi) is 6.90. The molecule has 0 heterocycles. The van der Waals surface area contributed by atoms with Crippen LogP contribution in [0.1, 0.15) is 18.4 Å². The maximum Gasteiger partial charge on any atom is 0.232 e. The third kappa shape index (κ3) is 5.69. The molecule has 1 rings (SSSR count). The second-order valence-electron chi connectivity index (χ2n) is 4.96. The van der Waals surface area contributed by atoms with Gasteiger partial charge in [-0.1, -0.05) is 23.7 Å². The molecule has 0 radical (unpaired) electrons. The van der Waals surface area contributed by atoms with E-state index in [0.717, 1.165) is 11.8 Å². The molecule has 0 bridgehead atoms. The van der Waals surface area contributed by atoms with Gasteiger partial charge in [-0.3, -0.25) is 9.10 Å². The van der Waals surface area contributed by atoms with Crippen LogP contribution < -0.4 is 9.62 Å². The van der Waals surface area contributed by atoms with E-state index in [1.54, 1.807) is 24.3 Å². The van der Waals surface area contributed by atoms with Crippen molar-refractivity contribution in [3.63, 3.8) is 0 Å². The summed E-state index contributed by atoms with van der Waals surface area (Å²) < 4.78 is 25.3. The van der Waals surface area contributed by atoms with Gasteiger partial charge < -0.3 is 5.32 Å². The first kappa shape index (κ1) is 18.5. The fourth-order valence-corrected chi connectivity index (χ4v) is 3.15. The van der Waals surface area contributed by atoms with E-state index in [4.69, 9.17) is 11.6 Å². The number of rotatable bonds is 8. The lowest BCUT2D eigenvalue weighted by atomic mass is 10.2. The Balaban J connectivity index is 2.81. The molecule has 1 aromatic rings. The molecule has 5 nitrogen and oxygen atoms in total. The molecule has 7 heteroatoms. The van der Waals surface area contributed by atoms with Crippen LogP contribution in [0.3, 0.4) is 0 Å². The van der Waals surface area contributed by atoms with E-state index in [1.807, 2.05) is 6.92 Å². The Labute approximate surface area is 137 Å². The Hall–Kier alpha value is -1.53. The number of hydrogen-bond acceptors (Lipinski definition) is 3. The molecular formula is C15H21ClN2O3S. The number of nitrogens with one attached hydrogen (secondary N) is 1. The van der Waals surface area contributed by atoms with Crippen LogP contribution in [0, 0.1) is 6.92 Å². The van der Waals surface area contributed by atoms with Gasteiger partial charge in [-0.25, -0.2) is 8.42 Å². The van der Waals surface area contributed by atoms with Gasteiger partial charge in [0.05, 0.1) is 11.9 Å². The lowest BCUT2D eigenvalue weighted by molar-refractivity contribution is -0.120. The van der Waals surface area contributed by atoms with Crippen LogP contribution in [0.5, 0.6) is 0 Å². The van der Waals surface area contributed by atoms with Crippen LogP contribution in [0.4, 0.5) is 5.69 Å². The van der Waals surface area contributed by atoms with Crippen molar-refractivity contribution >= 4 is 33.2 Å². The molecule has 0 saturated carbocycles. The SMILES string of the molecule is C=CCNC(=O)CCCN(c1cc(Cl)ccc1C)S(C)(=O)=O. The molecule has 1 N–H and O–H groups in total. The zero-order chi connectivity index (χ0) is 16.8. The molecule has 0 aromatic heterocycles. The monoisotopic (exact) mass is 344 g/mol. The van der Waals surface area contributed by atoms with Gasteiger partial charge in [-0.05, 0) is 31.0 Å². The first-order valence-electron chi connectivity index (χ1n) is 6.87. The number of benzene rings is 1. The number of hydrogen-bond donors (Lipinski definition) is 1. The number of carbonyl (C=O) groups is 1. The zero-order valence-electron chi connectivity index (χ0n) is 12.8. The number of anilines is 1. The van der Waals surface area contributed by atoms with Gasteiger partial charge in [0.25, 0.3) is 0 Å². The minimum Gasteiger partial charge on any atom is -0.353 e. The number of sulfonamides is 1. The molecule has 0 fully saturated rings. The summed E-state index contributed by atoms with van der Waals surface area (Å²) >= 11 is 5.96. The standard InChI is InChI=1S/C15H21ClN2O3S/c1-4-9-17-15(19)6-5-10-18(22(3,20)21)14-11-13(16)8-7-12(14)2/h4,7-8,11H,1,5-6,9-10H2,2-3H3,(H,17,19). The van der Waals surface area contributed by atoms with Crippen molar-refractivity contribution in [2.24, 2.45) is 0 Å². The highest BCUT2D eigenvalue weighted by atomic mass is 35.5. The Morgan fingerprint density at radius 2 is 2.14 bits per heavy atom. The average Bonchev–Trinajstić information content (AvgIpc) is 2.43. The van der Waals surface area contributed by atoms with Crippen molar-refractivity contribution < 1.29 is 13.2 Å². The Morgan fingerprint density at radius 3 is 2.73 bits per heavy atom. The van der Waals surface area contributed by atoms with Crippen LogP contribution in [0.15, 0.2) is 30.9 Å². The van der Waals surface area contributed by atoms with Crippen molar-refractivity contribution in [3.8, 4) is 0 Å². The van der Waals surface area contributed by atoms with E-state index in [9.17, 15) is 13.2 Å². The minimum absolute atomic E-state index is 0.129. The van der Waals surface area contributed by atoms with E-state index in [0.29, 0.717) is 23.7 Å². The molecule has 0 aliphatic carbocycles. The first-order chi connectivity index (χ1) is 10.3. The average molecular weight is 345 g/mol. The zero-order valence-corrected chi connectivity index (χ0v) is 14.4. The van der Waals surface area contributed by atoms with Crippen molar-refractivity contribution in [3.05, 3.63) is 41.4 Å². The minimum atomic E-state index is -3.45. The number of amides is 1. The number of halogens is 1. The van der Waals surface area contributed by atoms with Crippen LogP contribution in [0.25, 0.3) is 0 Å². The smallest absolute Gasteiger partial charge is 0.232 e.